The molecule has 20 heavy (non-hydrogen) atoms. The van der Waals surface area contributed by atoms with E-state index in [0.717, 1.165) is 9.48 Å². The molecule has 1 aromatic carbocycles. The Morgan fingerprint density at radius 1 is 1.30 bits per heavy atom. The number of anilines is 1. The number of rotatable bonds is 4. The summed E-state index contributed by atoms with van der Waals surface area (Å²) in [7, 11) is 0. The summed E-state index contributed by atoms with van der Waals surface area (Å²) in [5.74, 6) is -0.566. The molecule has 0 aliphatic rings. The van der Waals surface area contributed by atoms with E-state index >= 15 is 0 Å². The zero-order valence-electron chi connectivity index (χ0n) is 10.6. The second-order valence-electron chi connectivity index (χ2n) is 3.98. The highest BCUT2D eigenvalue weighted by molar-refractivity contribution is 9.10. The number of aryl methyl sites for hydroxylation is 1. The smallest absolute Gasteiger partial charge is 0.263 e. The fraction of sp³-hybridized carbons (Fsp3) is 0.154. The molecule has 2 aromatic rings. The first-order valence-corrected chi connectivity index (χ1v) is 7.41. The number of halogens is 1. The van der Waals surface area contributed by atoms with Crippen molar-refractivity contribution in [1.82, 2.24) is 10.3 Å². The number of amides is 2. The summed E-state index contributed by atoms with van der Waals surface area (Å²) in [6.07, 6.45) is 1.50. The summed E-state index contributed by atoms with van der Waals surface area (Å²) >= 11 is 4.61. The number of aromatic nitrogens is 1. The molecular weight excluding hydrogens is 342 g/mol. The molecule has 2 rings (SSSR count). The molecule has 0 aliphatic carbocycles. The van der Waals surface area contributed by atoms with Crippen molar-refractivity contribution in [2.24, 2.45) is 0 Å². The van der Waals surface area contributed by atoms with Crippen molar-refractivity contribution in [3.8, 4) is 0 Å². The van der Waals surface area contributed by atoms with Gasteiger partial charge in [0.15, 0.2) is 0 Å². The Labute approximate surface area is 128 Å². The number of hydrogen-bond acceptors (Lipinski definition) is 4. The largest absolute Gasteiger partial charge is 0.342 e. The van der Waals surface area contributed by atoms with E-state index < -0.39 is 0 Å². The van der Waals surface area contributed by atoms with Crippen LogP contribution in [0.25, 0.3) is 0 Å². The summed E-state index contributed by atoms with van der Waals surface area (Å²) in [4.78, 5) is 27.9. The van der Waals surface area contributed by atoms with Crippen LogP contribution >= 0.6 is 27.3 Å². The molecule has 0 fully saturated rings. The molecule has 7 heteroatoms. The summed E-state index contributed by atoms with van der Waals surface area (Å²) in [6, 6.07) is 7.20. The summed E-state index contributed by atoms with van der Waals surface area (Å²) in [6.45, 7) is 1.74. The number of hydrogen-bond donors (Lipinski definition) is 2. The second kappa shape index (κ2) is 6.62. The lowest BCUT2D eigenvalue weighted by atomic mass is 10.3. The Morgan fingerprint density at radius 2 is 2.00 bits per heavy atom. The van der Waals surface area contributed by atoms with Crippen LogP contribution in [-0.4, -0.2) is 23.3 Å². The molecular formula is C13H12BrN3O2S. The third kappa shape index (κ3) is 4.14. The monoisotopic (exact) mass is 353 g/mol. The molecule has 0 unspecified atom stereocenters. The van der Waals surface area contributed by atoms with Gasteiger partial charge in [0.25, 0.3) is 5.91 Å². The maximum absolute atomic E-state index is 11.7. The summed E-state index contributed by atoms with van der Waals surface area (Å²) in [5.41, 5.74) is 0.682. The predicted molar refractivity (Wildman–Crippen MR) is 82.0 cm³/mol. The van der Waals surface area contributed by atoms with Gasteiger partial charge in [-0.3, -0.25) is 9.59 Å². The normalized spacial score (nSPS) is 10.1. The van der Waals surface area contributed by atoms with Gasteiger partial charge in [-0.1, -0.05) is 15.9 Å². The van der Waals surface area contributed by atoms with Crippen LogP contribution in [0.1, 0.15) is 14.7 Å². The van der Waals surface area contributed by atoms with Crippen LogP contribution in [0.3, 0.4) is 0 Å². The van der Waals surface area contributed by atoms with Crippen LogP contribution in [0.15, 0.2) is 34.9 Å². The van der Waals surface area contributed by atoms with E-state index in [0.29, 0.717) is 10.6 Å². The average molecular weight is 354 g/mol. The second-order valence-corrected chi connectivity index (χ2v) is 6.13. The lowest BCUT2D eigenvalue weighted by Gasteiger charge is -2.06. The Bertz CT molecular complexity index is 625. The first-order chi connectivity index (χ1) is 9.54. The molecule has 0 aliphatic heterocycles. The van der Waals surface area contributed by atoms with Gasteiger partial charge < -0.3 is 10.6 Å². The maximum atomic E-state index is 11.7. The first kappa shape index (κ1) is 14.7. The van der Waals surface area contributed by atoms with Crippen molar-refractivity contribution in [3.05, 3.63) is 44.8 Å². The minimum Gasteiger partial charge on any atom is -0.342 e. The Hall–Kier alpha value is -1.73. The number of carbonyl (C=O) groups excluding carboxylic acids is 2. The van der Waals surface area contributed by atoms with E-state index in [1.165, 1.54) is 17.5 Å². The number of thiazole rings is 1. The van der Waals surface area contributed by atoms with E-state index in [4.69, 9.17) is 0 Å². The predicted octanol–water partition coefficient (Wildman–Crippen LogP) is 2.58. The zero-order valence-corrected chi connectivity index (χ0v) is 13.0. The van der Waals surface area contributed by atoms with Crippen molar-refractivity contribution < 1.29 is 9.59 Å². The van der Waals surface area contributed by atoms with Gasteiger partial charge in [0.1, 0.15) is 4.88 Å². The van der Waals surface area contributed by atoms with Crippen molar-refractivity contribution in [3.63, 3.8) is 0 Å². The highest BCUT2D eigenvalue weighted by atomic mass is 79.9. The Morgan fingerprint density at radius 3 is 2.60 bits per heavy atom. The standard InChI is InChI=1S/C13H12BrN3O2S/c1-8-15-6-11(20-8)13(19)16-7-12(18)17-10-4-2-9(14)3-5-10/h2-6H,7H2,1H3,(H,16,19)(H,17,18). The molecule has 1 heterocycles. The highest BCUT2D eigenvalue weighted by Crippen LogP contribution is 2.14. The average Bonchev–Trinajstić information content (AvgIpc) is 2.85. The number of benzene rings is 1. The van der Waals surface area contributed by atoms with Gasteiger partial charge in [0.05, 0.1) is 17.7 Å². The SMILES string of the molecule is Cc1ncc(C(=O)NCC(=O)Nc2ccc(Br)cc2)s1. The molecule has 2 N–H and O–H groups in total. The van der Waals surface area contributed by atoms with Gasteiger partial charge in [0, 0.05) is 10.2 Å². The molecule has 0 bridgehead atoms. The Balaban J connectivity index is 1.83. The summed E-state index contributed by atoms with van der Waals surface area (Å²) < 4.78 is 0.935. The van der Waals surface area contributed by atoms with Gasteiger partial charge in [-0.25, -0.2) is 4.98 Å². The van der Waals surface area contributed by atoms with E-state index in [1.54, 1.807) is 12.1 Å². The molecule has 0 spiro atoms. The number of nitrogens with one attached hydrogen (secondary N) is 2. The van der Waals surface area contributed by atoms with Crippen molar-refractivity contribution in [1.29, 1.82) is 0 Å². The van der Waals surface area contributed by atoms with E-state index in [2.05, 4.69) is 31.5 Å². The third-order valence-corrected chi connectivity index (χ3v) is 3.82. The minimum absolute atomic E-state index is 0.0775. The molecule has 104 valence electrons. The third-order valence-electron chi connectivity index (χ3n) is 2.38. The molecule has 0 radical (unpaired) electrons. The molecule has 0 saturated carbocycles. The molecule has 2 amide bonds. The van der Waals surface area contributed by atoms with Crippen LogP contribution in [0.4, 0.5) is 5.69 Å². The molecule has 1 aromatic heterocycles. The fourth-order valence-corrected chi connectivity index (χ4v) is 2.41. The maximum Gasteiger partial charge on any atom is 0.263 e. The quantitative estimate of drug-likeness (QED) is 0.887. The number of carbonyl (C=O) groups is 2. The van der Waals surface area contributed by atoms with Gasteiger partial charge in [-0.15, -0.1) is 11.3 Å². The molecule has 0 saturated heterocycles. The van der Waals surface area contributed by atoms with Crippen LogP contribution in [-0.2, 0) is 4.79 Å². The van der Waals surface area contributed by atoms with Crippen molar-refractivity contribution >= 4 is 44.8 Å². The van der Waals surface area contributed by atoms with Crippen LogP contribution in [0, 0.1) is 6.92 Å². The number of nitrogens with zero attached hydrogens (tertiary/aromatic N) is 1. The van der Waals surface area contributed by atoms with E-state index in [-0.39, 0.29) is 18.4 Å². The zero-order chi connectivity index (χ0) is 14.5. The minimum atomic E-state index is -0.290. The van der Waals surface area contributed by atoms with Crippen molar-refractivity contribution in [2.75, 3.05) is 11.9 Å². The van der Waals surface area contributed by atoms with Gasteiger partial charge in [-0.2, -0.15) is 0 Å². The van der Waals surface area contributed by atoms with Gasteiger partial charge >= 0.3 is 0 Å². The lowest BCUT2D eigenvalue weighted by Crippen LogP contribution is -2.32. The van der Waals surface area contributed by atoms with E-state index in [1.807, 2.05) is 19.1 Å². The highest BCUT2D eigenvalue weighted by Gasteiger charge is 2.10. The Kier molecular flexibility index (Phi) is 4.86. The van der Waals surface area contributed by atoms with Crippen LogP contribution in [0.2, 0.25) is 0 Å². The molecule has 5 nitrogen and oxygen atoms in total. The first-order valence-electron chi connectivity index (χ1n) is 5.80. The lowest BCUT2D eigenvalue weighted by molar-refractivity contribution is -0.115. The summed E-state index contributed by atoms with van der Waals surface area (Å²) in [5, 5.41) is 6.06. The van der Waals surface area contributed by atoms with Crippen LogP contribution < -0.4 is 10.6 Å². The van der Waals surface area contributed by atoms with Crippen molar-refractivity contribution in [2.45, 2.75) is 6.92 Å². The molecule has 0 atom stereocenters. The van der Waals surface area contributed by atoms with E-state index in [9.17, 15) is 9.59 Å². The van der Waals surface area contributed by atoms with Crippen LogP contribution in [0.5, 0.6) is 0 Å². The van der Waals surface area contributed by atoms with Gasteiger partial charge in [0.2, 0.25) is 5.91 Å². The van der Waals surface area contributed by atoms with Gasteiger partial charge in [-0.05, 0) is 31.2 Å². The topological polar surface area (TPSA) is 71.1 Å². The fourth-order valence-electron chi connectivity index (χ4n) is 1.45.